The first-order valence-corrected chi connectivity index (χ1v) is 12.7. The van der Waals surface area contributed by atoms with Crippen LogP contribution in [0.5, 0.6) is 11.5 Å². The van der Waals surface area contributed by atoms with Crippen molar-refractivity contribution < 1.29 is 9.47 Å². The summed E-state index contributed by atoms with van der Waals surface area (Å²) in [5, 5.41) is 8.69. The zero-order valence-electron chi connectivity index (χ0n) is 21.5. The van der Waals surface area contributed by atoms with Gasteiger partial charge in [0.2, 0.25) is 0 Å². The summed E-state index contributed by atoms with van der Waals surface area (Å²) >= 11 is 0. The van der Waals surface area contributed by atoms with Gasteiger partial charge in [0, 0.05) is 29.9 Å². The molecule has 0 fully saturated rings. The molecule has 2 N–H and O–H groups in total. The highest BCUT2D eigenvalue weighted by atomic mass is 16.5. The molecule has 0 aliphatic carbocycles. The molecule has 0 atom stereocenters. The smallest absolute Gasteiger partial charge is 0.129 e. The van der Waals surface area contributed by atoms with Crippen LogP contribution in [0.1, 0.15) is 49.2 Å². The lowest BCUT2D eigenvalue weighted by Crippen LogP contribution is -2.30. The molecule has 0 aliphatic rings. The second kappa shape index (κ2) is 12.8. The minimum absolute atomic E-state index is 0.668. The molecule has 0 aliphatic heterocycles. The standard InChI is InChI=1S/C30H36N4O2/c1-4-16-34(17-5-2)18-19-36-28-13-10-25(30(22-28)35-3)9-12-27-21-26(32-33-27)11-7-23-6-8-24-14-15-31-29(24)20-23/h6-15,20-22,31H,4-5,16-19H2,1-3H3,(H,32,33)/b11-7+,12-9+. The van der Waals surface area contributed by atoms with Gasteiger partial charge in [0.1, 0.15) is 18.1 Å². The summed E-state index contributed by atoms with van der Waals surface area (Å²) in [5.41, 5.74) is 5.03. The fourth-order valence-corrected chi connectivity index (χ4v) is 4.23. The van der Waals surface area contributed by atoms with E-state index in [-0.39, 0.29) is 0 Å². The van der Waals surface area contributed by atoms with E-state index in [2.05, 4.69) is 64.3 Å². The first-order chi connectivity index (χ1) is 17.7. The van der Waals surface area contributed by atoms with Crippen molar-refractivity contribution in [3.05, 3.63) is 77.2 Å². The number of benzene rings is 2. The number of fused-ring (bicyclic) bond motifs is 1. The van der Waals surface area contributed by atoms with E-state index in [0.717, 1.165) is 72.0 Å². The van der Waals surface area contributed by atoms with Crippen LogP contribution < -0.4 is 9.47 Å². The molecule has 2 heterocycles. The molecule has 2 aromatic carbocycles. The van der Waals surface area contributed by atoms with Crippen molar-refractivity contribution in [2.75, 3.05) is 33.4 Å². The van der Waals surface area contributed by atoms with Crippen LogP contribution >= 0.6 is 0 Å². The van der Waals surface area contributed by atoms with E-state index in [1.54, 1.807) is 7.11 Å². The normalized spacial score (nSPS) is 11.9. The van der Waals surface area contributed by atoms with Crippen LogP contribution in [0.25, 0.3) is 35.2 Å². The summed E-state index contributed by atoms with van der Waals surface area (Å²) in [4.78, 5) is 5.69. The van der Waals surface area contributed by atoms with E-state index in [4.69, 9.17) is 9.47 Å². The Morgan fingerprint density at radius 1 is 0.889 bits per heavy atom. The van der Waals surface area contributed by atoms with Crippen LogP contribution in [0.3, 0.4) is 0 Å². The lowest BCUT2D eigenvalue weighted by molar-refractivity contribution is 0.208. The summed E-state index contributed by atoms with van der Waals surface area (Å²) < 4.78 is 11.6. The van der Waals surface area contributed by atoms with Crippen LogP contribution in [-0.4, -0.2) is 53.4 Å². The quantitative estimate of drug-likeness (QED) is 0.220. The summed E-state index contributed by atoms with van der Waals surface area (Å²) in [7, 11) is 1.68. The lowest BCUT2D eigenvalue weighted by atomic mass is 10.1. The molecule has 4 aromatic rings. The first kappa shape index (κ1) is 25.3. The van der Waals surface area contributed by atoms with Crippen molar-refractivity contribution in [1.29, 1.82) is 0 Å². The fourth-order valence-electron chi connectivity index (χ4n) is 4.23. The van der Waals surface area contributed by atoms with Crippen molar-refractivity contribution in [2.24, 2.45) is 0 Å². The molecule has 0 unspecified atom stereocenters. The van der Waals surface area contributed by atoms with Crippen LogP contribution in [0, 0.1) is 0 Å². The highest BCUT2D eigenvalue weighted by molar-refractivity contribution is 5.83. The molecule has 0 radical (unpaired) electrons. The Morgan fingerprint density at radius 2 is 1.75 bits per heavy atom. The number of ether oxygens (including phenoxy) is 2. The van der Waals surface area contributed by atoms with Crippen molar-refractivity contribution >= 4 is 35.2 Å². The van der Waals surface area contributed by atoms with Crippen LogP contribution in [0.2, 0.25) is 0 Å². The average molecular weight is 485 g/mol. The molecule has 0 spiro atoms. The van der Waals surface area contributed by atoms with Gasteiger partial charge in [-0.2, -0.15) is 5.10 Å². The summed E-state index contributed by atoms with van der Waals surface area (Å²) in [6.07, 6.45) is 12.4. The minimum atomic E-state index is 0.668. The van der Waals surface area contributed by atoms with Gasteiger partial charge in [-0.05, 0) is 85.4 Å². The number of nitrogens with one attached hydrogen (secondary N) is 2. The van der Waals surface area contributed by atoms with Gasteiger partial charge < -0.3 is 14.5 Å². The predicted octanol–water partition coefficient (Wildman–Crippen LogP) is 6.74. The number of H-pyrrole nitrogens is 2. The second-order valence-corrected chi connectivity index (χ2v) is 8.83. The zero-order chi connectivity index (χ0) is 25.2. The van der Waals surface area contributed by atoms with E-state index < -0.39 is 0 Å². The lowest BCUT2D eigenvalue weighted by Gasteiger charge is -2.21. The summed E-state index contributed by atoms with van der Waals surface area (Å²) in [6, 6.07) is 16.4. The molecule has 0 amide bonds. The van der Waals surface area contributed by atoms with Gasteiger partial charge in [-0.15, -0.1) is 0 Å². The van der Waals surface area contributed by atoms with Crippen LogP contribution in [-0.2, 0) is 0 Å². The number of aromatic amines is 2. The number of aromatic nitrogens is 3. The van der Waals surface area contributed by atoms with Crippen molar-refractivity contribution in [3.63, 3.8) is 0 Å². The predicted molar refractivity (Wildman–Crippen MR) is 150 cm³/mol. The summed E-state index contributed by atoms with van der Waals surface area (Å²) in [5.74, 6) is 1.60. The molecule has 6 nitrogen and oxygen atoms in total. The molecular formula is C30H36N4O2. The average Bonchev–Trinajstić information content (AvgIpc) is 3.56. The largest absolute Gasteiger partial charge is 0.496 e. The second-order valence-electron chi connectivity index (χ2n) is 8.83. The van der Waals surface area contributed by atoms with E-state index in [1.807, 2.05) is 48.7 Å². The maximum atomic E-state index is 6.00. The molecule has 36 heavy (non-hydrogen) atoms. The Balaban J connectivity index is 1.35. The molecule has 0 saturated carbocycles. The van der Waals surface area contributed by atoms with Crippen molar-refractivity contribution in [1.82, 2.24) is 20.1 Å². The van der Waals surface area contributed by atoms with Gasteiger partial charge in [0.25, 0.3) is 0 Å². The first-order valence-electron chi connectivity index (χ1n) is 12.7. The monoisotopic (exact) mass is 484 g/mol. The molecule has 2 aromatic heterocycles. The Morgan fingerprint density at radius 3 is 2.56 bits per heavy atom. The van der Waals surface area contributed by atoms with E-state index in [0.29, 0.717) is 6.61 Å². The molecule has 4 rings (SSSR count). The third kappa shape index (κ3) is 6.89. The Bertz CT molecular complexity index is 1300. The van der Waals surface area contributed by atoms with E-state index in [9.17, 15) is 0 Å². The van der Waals surface area contributed by atoms with Crippen LogP contribution in [0.4, 0.5) is 0 Å². The maximum Gasteiger partial charge on any atom is 0.129 e. The Labute approximate surface area is 213 Å². The van der Waals surface area contributed by atoms with Gasteiger partial charge in [-0.3, -0.25) is 10.00 Å². The van der Waals surface area contributed by atoms with E-state index >= 15 is 0 Å². The van der Waals surface area contributed by atoms with Gasteiger partial charge >= 0.3 is 0 Å². The third-order valence-electron chi connectivity index (χ3n) is 6.05. The van der Waals surface area contributed by atoms with Gasteiger partial charge in [0.15, 0.2) is 0 Å². The minimum Gasteiger partial charge on any atom is -0.496 e. The molecular weight excluding hydrogens is 448 g/mol. The SMILES string of the molecule is CCCN(CCC)CCOc1ccc(/C=C/c2cc(/C=C/c3ccc4cc[nH]c4c3)n[nH]2)c(OC)c1. The van der Waals surface area contributed by atoms with Crippen LogP contribution in [0.15, 0.2) is 54.7 Å². The van der Waals surface area contributed by atoms with Gasteiger partial charge in [0.05, 0.1) is 18.5 Å². The molecule has 6 heteroatoms. The Kier molecular flexibility index (Phi) is 9.00. The Hall–Kier alpha value is -3.77. The zero-order valence-corrected chi connectivity index (χ0v) is 21.5. The highest BCUT2D eigenvalue weighted by Crippen LogP contribution is 2.26. The topological polar surface area (TPSA) is 66.2 Å². The molecule has 0 saturated heterocycles. The number of rotatable bonds is 13. The number of hydrogen-bond acceptors (Lipinski definition) is 4. The number of hydrogen-bond donors (Lipinski definition) is 2. The summed E-state index contributed by atoms with van der Waals surface area (Å²) in [6.45, 7) is 8.25. The third-order valence-corrected chi connectivity index (χ3v) is 6.05. The van der Waals surface area contributed by atoms with Gasteiger partial charge in [-0.1, -0.05) is 32.1 Å². The van der Waals surface area contributed by atoms with Crippen molar-refractivity contribution in [2.45, 2.75) is 26.7 Å². The highest BCUT2D eigenvalue weighted by Gasteiger charge is 2.06. The number of methoxy groups -OCH3 is 1. The van der Waals surface area contributed by atoms with E-state index in [1.165, 1.54) is 5.39 Å². The van der Waals surface area contributed by atoms with Crippen molar-refractivity contribution in [3.8, 4) is 11.5 Å². The molecule has 188 valence electrons. The fraction of sp³-hybridized carbons (Fsp3) is 0.300. The number of nitrogens with zero attached hydrogens (tertiary/aromatic N) is 2. The van der Waals surface area contributed by atoms with Gasteiger partial charge in [-0.25, -0.2) is 0 Å². The maximum absolute atomic E-state index is 6.00. The molecule has 0 bridgehead atoms.